The number of rotatable bonds is 6. The van der Waals surface area contributed by atoms with Gasteiger partial charge in [-0.15, -0.1) is 0 Å². The van der Waals surface area contributed by atoms with Crippen molar-refractivity contribution in [2.75, 3.05) is 11.9 Å². The predicted molar refractivity (Wildman–Crippen MR) is 80.6 cm³/mol. The van der Waals surface area contributed by atoms with Crippen LogP contribution in [0.1, 0.15) is 20.3 Å². The molecule has 24 heavy (non-hydrogen) atoms. The molecule has 0 atom stereocenters. The largest absolute Gasteiger partial charge is 0.435 e. The van der Waals surface area contributed by atoms with Crippen LogP contribution in [0.3, 0.4) is 0 Å². The Labute approximate surface area is 136 Å². The Balaban J connectivity index is 1.85. The fourth-order valence-corrected chi connectivity index (χ4v) is 2.18. The lowest BCUT2D eigenvalue weighted by molar-refractivity contribution is -0.130. The molecule has 2 N–H and O–H groups in total. The molecule has 0 aliphatic carbocycles. The average Bonchev–Trinajstić information content (AvgIpc) is 2.67. The van der Waals surface area contributed by atoms with E-state index in [9.17, 15) is 23.2 Å². The van der Waals surface area contributed by atoms with Crippen LogP contribution in [0.15, 0.2) is 24.3 Å². The third-order valence-electron chi connectivity index (χ3n) is 3.37. The highest BCUT2D eigenvalue weighted by Crippen LogP contribution is 2.19. The van der Waals surface area contributed by atoms with E-state index in [2.05, 4.69) is 15.4 Å². The van der Waals surface area contributed by atoms with Crippen LogP contribution < -0.4 is 15.4 Å². The van der Waals surface area contributed by atoms with Gasteiger partial charge in [-0.2, -0.15) is 8.78 Å². The zero-order valence-corrected chi connectivity index (χ0v) is 13.1. The Morgan fingerprint density at radius 3 is 2.42 bits per heavy atom. The summed E-state index contributed by atoms with van der Waals surface area (Å²) in [4.78, 5) is 36.5. The Kier molecular flexibility index (Phi) is 5.01. The van der Waals surface area contributed by atoms with Gasteiger partial charge < -0.3 is 15.4 Å². The number of benzene rings is 1. The number of imide groups is 1. The fraction of sp³-hybridized carbons (Fsp3) is 0.400. The molecule has 1 heterocycles. The SMILES string of the molecule is CC1(C)NC(=O)N(CCC(=O)Nc2ccc(OC(F)F)cc2)C1=O. The first-order valence-electron chi connectivity index (χ1n) is 7.18. The molecule has 1 aliphatic heterocycles. The maximum Gasteiger partial charge on any atom is 0.387 e. The van der Waals surface area contributed by atoms with E-state index in [0.717, 1.165) is 4.90 Å². The molecule has 0 aromatic heterocycles. The van der Waals surface area contributed by atoms with Crippen molar-refractivity contribution in [3.63, 3.8) is 0 Å². The molecule has 1 aliphatic rings. The number of hydrogen-bond donors (Lipinski definition) is 2. The number of hydrogen-bond acceptors (Lipinski definition) is 4. The molecule has 0 bridgehead atoms. The number of halogens is 2. The third kappa shape index (κ3) is 4.18. The van der Waals surface area contributed by atoms with Gasteiger partial charge >= 0.3 is 12.6 Å². The zero-order chi connectivity index (χ0) is 17.9. The van der Waals surface area contributed by atoms with Crippen molar-refractivity contribution in [2.45, 2.75) is 32.4 Å². The van der Waals surface area contributed by atoms with Gasteiger partial charge in [0.1, 0.15) is 11.3 Å². The maximum absolute atomic E-state index is 12.0. The van der Waals surface area contributed by atoms with Gasteiger partial charge in [0.25, 0.3) is 5.91 Å². The summed E-state index contributed by atoms with van der Waals surface area (Å²) in [7, 11) is 0. The van der Waals surface area contributed by atoms with Crippen molar-refractivity contribution in [1.29, 1.82) is 0 Å². The van der Waals surface area contributed by atoms with Crippen LogP contribution in [-0.2, 0) is 9.59 Å². The number of alkyl halides is 2. The number of carbonyl (C=O) groups excluding carboxylic acids is 3. The van der Waals surface area contributed by atoms with Crippen LogP contribution in [0.2, 0.25) is 0 Å². The topological polar surface area (TPSA) is 87.7 Å². The van der Waals surface area contributed by atoms with Crippen LogP contribution >= 0.6 is 0 Å². The number of urea groups is 1. The van der Waals surface area contributed by atoms with Crippen LogP contribution in [-0.4, -0.2) is 41.4 Å². The second-order valence-electron chi connectivity index (χ2n) is 5.71. The Bertz CT molecular complexity index is 647. The third-order valence-corrected chi connectivity index (χ3v) is 3.37. The highest BCUT2D eigenvalue weighted by molar-refractivity contribution is 6.06. The second-order valence-corrected chi connectivity index (χ2v) is 5.71. The molecule has 9 heteroatoms. The predicted octanol–water partition coefficient (Wildman–Crippen LogP) is 1.95. The molecule has 130 valence electrons. The lowest BCUT2D eigenvalue weighted by atomic mass is 10.1. The van der Waals surface area contributed by atoms with Crippen LogP contribution in [0, 0.1) is 0 Å². The standard InChI is InChI=1S/C15H17F2N3O4/c1-15(2)12(22)20(14(23)19-15)8-7-11(21)18-9-3-5-10(6-4-9)24-13(16)17/h3-6,13H,7-8H2,1-2H3,(H,18,21)(H,19,23). The molecule has 2 rings (SSSR count). The highest BCUT2D eigenvalue weighted by atomic mass is 19.3. The quantitative estimate of drug-likeness (QED) is 0.774. The molecule has 0 spiro atoms. The summed E-state index contributed by atoms with van der Waals surface area (Å²) in [5, 5.41) is 5.06. The Hall–Kier alpha value is -2.71. The van der Waals surface area contributed by atoms with Gasteiger partial charge in [-0.25, -0.2) is 4.79 Å². The minimum Gasteiger partial charge on any atom is -0.435 e. The van der Waals surface area contributed by atoms with Gasteiger partial charge in [-0.05, 0) is 38.1 Å². The average molecular weight is 341 g/mol. The van der Waals surface area contributed by atoms with Gasteiger partial charge in [0.2, 0.25) is 5.91 Å². The molecule has 0 radical (unpaired) electrons. The number of nitrogens with zero attached hydrogens (tertiary/aromatic N) is 1. The summed E-state index contributed by atoms with van der Waals surface area (Å²) in [5.74, 6) is -0.832. The normalized spacial score (nSPS) is 16.3. The number of ether oxygens (including phenoxy) is 1. The van der Waals surface area contributed by atoms with Crippen molar-refractivity contribution in [1.82, 2.24) is 10.2 Å². The van der Waals surface area contributed by atoms with Gasteiger partial charge in [0, 0.05) is 18.7 Å². The van der Waals surface area contributed by atoms with Crippen molar-refractivity contribution in [2.24, 2.45) is 0 Å². The minimum absolute atomic E-state index is 0.0236. The number of nitrogens with one attached hydrogen (secondary N) is 2. The van der Waals surface area contributed by atoms with Crippen LogP contribution in [0.5, 0.6) is 5.75 Å². The lowest BCUT2D eigenvalue weighted by Crippen LogP contribution is -2.40. The van der Waals surface area contributed by atoms with E-state index < -0.39 is 30.0 Å². The first-order valence-corrected chi connectivity index (χ1v) is 7.18. The van der Waals surface area contributed by atoms with Gasteiger partial charge in [0.05, 0.1) is 0 Å². The first kappa shape index (κ1) is 17.6. The summed E-state index contributed by atoms with van der Waals surface area (Å²) < 4.78 is 28.3. The van der Waals surface area contributed by atoms with E-state index in [4.69, 9.17) is 0 Å². The summed E-state index contributed by atoms with van der Waals surface area (Å²) in [6, 6.07) is 4.87. The molecule has 1 fully saturated rings. The summed E-state index contributed by atoms with van der Waals surface area (Å²) in [6.45, 7) is 0.193. The monoisotopic (exact) mass is 341 g/mol. The van der Waals surface area contributed by atoms with Crippen molar-refractivity contribution in [3.8, 4) is 5.75 Å². The van der Waals surface area contributed by atoms with E-state index >= 15 is 0 Å². The number of carbonyl (C=O) groups is 3. The zero-order valence-electron chi connectivity index (χ0n) is 13.1. The van der Waals surface area contributed by atoms with Gasteiger partial charge in [0.15, 0.2) is 0 Å². The highest BCUT2D eigenvalue weighted by Gasteiger charge is 2.43. The molecule has 1 aromatic rings. The van der Waals surface area contributed by atoms with Crippen LogP contribution in [0.4, 0.5) is 19.3 Å². The van der Waals surface area contributed by atoms with Crippen molar-refractivity contribution >= 4 is 23.5 Å². The molecule has 0 unspecified atom stereocenters. The van der Waals surface area contributed by atoms with E-state index in [1.165, 1.54) is 24.3 Å². The lowest BCUT2D eigenvalue weighted by Gasteiger charge is -2.15. The summed E-state index contributed by atoms with van der Waals surface area (Å²) >= 11 is 0. The molecular formula is C15H17F2N3O4. The van der Waals surface area contributed by atoms with E-state index in [1.54, 1.807) is 13.8 Å². The molecule has 1 aromatic carbocycles. The molecule has 0 saturated carbocycles. The number of amides is 4. The Morgan fingerprint density at radius 2 is 1.92 bits per heavy atom. The molecule has 7 nitrogen and oxygen atoms in total. The van der Waals surface area contributed by atoms with Gasteiger partial charge in [-0.1, -0.05) is 0 Å². The fourth-order valence-electron chi connectivity index (χ4n) is 2.18. The maximum atomic E-state index is 12.0. The van der Waals surface area contributed by atoms with Crippen molar-refractivity contribution in [3.05, 3.63) is 24.3 Å². The first-order chi connectivity index (χ1) is 11.2. The molecule has 1 saturated heterocycles. The van der Waals surface area contributed by atoms with E-state index in [1.807, 2.05) is 0 Å². The van der Waals surface area contributed by atoms with Crippen LogP contribution in [0.25, 0.3) is 0 Å². The van der Waals surface area contributed by atoms with E-state index in [-0.39, 0.29) is 18.7 Å². The Morgan fingerprint density at radius 1 is 1.29 bits per heavy atom. The van der Waals surface area contributed by atoms with Crippen molar-refractivity contribution < 1.29 is 27.9 Å². The molecule has 4 amide bonds. The van der Waals surface area contributed by atoms with E-state index in [0.29, 0.717) is 5.69 Å². The number of anilines is 1. The second kappa shape index (κ2) is 6.81. The van der Waals surface area contributed by atoms with Gasteiger partial charge in [-0.3, -0.25) is 14.5 Å². The summed E-state index contributed by atoms with van der Waals surface area (Å²) in [5.41, 5.74) is -0.590. The minimum atomic E-state index is -2.92. The molecular weight excluding hydrogens is 324 g/mol. The smallest absolute Gasteiger partial charge is 0.387 e. The summed E-state index contributed by atoms with van der Waals surface area (Å²) in [6.07, 6.45) is -0.0788.